The van der Waals surface area contributed by atoms with Crippen LogP contribution in [0, 0.1) is 5.92 Å². The van der Waals surface area contributed by atoms with E-state index in [-0.39, 0.29) is 37.1 Å². The molecule has 1 saturated heterocycles. The molecule has 3 heterocycles. The van der Waals surface area contributed by atoms with E-state index < -0.39 is 17.7 Å². The monoisotopic (exact) mass is 449 g/mol. The van der Waals surface area contributed by atoms with E-state index in [1.807, 2.05) is 6.07 Å². The molecule has 2 aliphatic rings. The van der Waals surface area contributed by atoms with Crippen molar-refractivity contribution < 1.29 is 29.0 Å². The summed E-state index contributed by atoms with van der Waals surface area (Å²) in [5.74, 6) is -1.40. The smallest absolute Gasteiger partial charge is 0.294 e. The minimum Gasteiger partial charge on any atom is -0.504 e. The molecule has 2 aliphatic heterocycles. The van der Waals surface area contributed by atoms with Crippen molar-refractivity contribution in [1.82, 2.24) is 20.6 Å². The van der Waals surface area contributed by atoms with Gasteiger partial charge in [0, 0.05) is 24.7 Å². The first kappa shape index (κ1) is 20.4. The van der Waals surface area contributed by atoms with E-state index >= 15 is 0 Å². The van der Waals surface area contributed by atoms with E-state index in [1.54, 1.807) is 42.5 Å². The summed E-state index contributed by atoms with van der Waals surface area (Å²) >= 11 is 0. The van der Waals surface area contributed by atoms with Crippen LogP contribution in [0.4, 0.5) is 5.69 Å². The molecule has 0 saturated carbocycles. The molecule has 3 aromatic rings. The quantitative estimate of drug-likeness (QED) is 0.508. The summed E-state index contributed by atoms with van der Waals surface area (Å²) < 4.78 is 12.0. The van der Waals surface area contributed by atoms with Crippen LogP contribution >= 0.6 is 0 Å². The van der Waals surface area contributed by atoms with Gasteiger partial charge in [0.05, 0.1) is 17.8 Å². The molecule has 11 nitrogen and oxygen atoms in total. The fraction of sp³-hybridized carbons (Fsp3) is 0.182. The van der Waals surface area contributed by atoms with Gasteiger partial charge in [-0.2, -0.15) is 5.10 Å². The third-order valence-corrected chi connectivity index (χ3v) is 5.39. The zero-order chi connectivity index (χ0) is 22.9. The Kier molecular flexibility index (Phi) is 5.05. The van der Waals surface area contributed by atoms with Crippen LogP contribution in [0.15, 0.2) is 54.7 Å². The average molecular weight is 449 g/mol. The maximum Gasteiger partial charge on any atom is 0.294 e. The number of para-hydroxylation sites is 1. The topological polar surface area (TPSA) is 135 Å². The number of rotatable bonds is 4. The third kappa shape index (κ3) is 3.91. The number of hydrogen-bond acceptors (Lipinski definition) is 7. The van der Waals surface area contributed by atoms with Gasteiger partial charge in [-0.15, -0.1) is 0 Å². The highest BCUT2D eigenvalue weighted by Crippen LogP contribution is 2.37. The van der Waals surface area contributed by atoms with Crippen LogP contribution in [0.25, 0.3) is 5.69 Å². The molecular formula is C22H19N5O6. The molecule has 0 bridgehead atoms. The van der Waals surface area contributed by atoms with Gasteiger partial charge in [0.2, 0.25) is 18.6 Å². The summed E-state index contributed by atoms with van der Waals surface area (Å²) in [6.07, 6.45) is 1.29. The second-order valence-electron chi connectivity index (χ2n) is 7.53. The van der Waals surface area contributed by atoms with Gasteiger partial charge < -0.3 is 19.5 Å². The van der Waals surface area contributed by atoms with E-state index in [2.05, 4.69) is 16.0 Å². The molecule has 1 aromatic heterocycles. The van der Waals surface area contributed by atoms with Gasteiger partial charge >= 0.3 is 0 Å². The van der Waals surface area contributed by atoms with Gasteiger partial charge in [0.1, 0.15) is 0 Å². The summed E-state index contributed by atoms with van der Waals surface area (Å²) in [7, 11) is 0. The fourth-order valence-corrected chi connectivity index (χ4v) is 3.71. The maximum atomic E-state index is 12.6. The van der Waals surface area contributed by atoms with Crippen molar-refractivity contribution in [2.24, 2.45) is 5.92 Å². The summed E-state index contributed by atoms with van der Waals surface area (Å²) in [5.41, 5.74) is 5.56. The van der Waals surface area contributed by atoms with E-state index in [4.69, 9.17) is 9.47 Å². The zero-order valence-corrected chi connectivity index (χ0v) is 17.2. The number of carbonyl (C=O) groups excluding carboxylic acids is 3. The number of benzene rings is 2. The second-order valence-corrected chi connectivity index (χ2v) is 7.53. The summed E-state index contributed by atoms with van der Waals surface area (Å²) in [6, 6.07) is 14.1. The molecule has 168 valence electrons. The number of hydrazine groups is 1. The van der Waals surface area contributed by atoms with Crippen LogP contribution in [-0.2, 0) is 9.59 Å². The molecule has 3 amide bonds. The fourth-order valence-electron chi connectivity index (χ4n) is 3.71. The number of nitrogens with zero attached hydrogens (tertiary/aromatic N) is 3. The number of fused-ring (bicyclic) bond motifs is 1. The Morgan fingerprint density at radius 3 is 2.64 bits per heavy atom. The summed E-state index contributed by atoms with van der Waals surface area (Å²) in [4.78, 5) is 38.9. The van der Waals surface area contributed by atoms with Gasteiger partial charge in [0.25, 0.3) is 5.91 Å². The van der Waals surface area contributed by atoms with Crippen molar-refractivity contribution in [2.75, 3.05) is 18.2 Å². The Morgan fingerprint density at radius 2 is 1.82 bits per heavy atom. The molecule has 0 aliphatic carbocycles. The number of carbonyl (C=O) groups is 3. The molecule has 0 spiro atoms. The summed E-state index contributed by atoms with van der Waals surface area (Å²) in [6.45, 7) is 0.269. The standard InChI is InChI=1S/C22H19N5O6/c28-16-11-27(14-4-2-1-3-5-14)25-20(16)22(31)24-23-21(30)13-8-19(29)26(10-13)15-6-7-17-18(9-15)33-12-32-17/h1-7,9,11,13,28H,8,10,12H2,(H,23,30)(H,24,31). The average Bonchev–Trinajstić information content (AvgIpc) is 3.55. The lowest BCUT2D eigenvalue weighted by Gasteiger charge is -2.17. The number of amides is 3. The molecule has 1 unspecified atom stereocenters. The van der Waals surface area contributed by atoms with Gasteiger partial charge in [-0.3, -0.25) is 25.2 Å². The number of anilines is 1. The molecule has 0 radical (unpaired) electrons. The Labute approximate surface area is 187 Å². The first-order valence-corrected chi connectivity index (χ1v) is 10.1. The van der Waals surface area contributed by atoms with Crippen molar-refractivity contribution in [1.29, 1.82) is 0 Å². The van der Waals surface area contributed by atoms with Gasteiger partial charge in [-0.05, 0) is 24.3 Å². The lowest BCUT2D eigenvalue weighted by molar-refractivity contribution is -0.126. The Morgan fingerprint density at radius 1 is 1.03 bits per heavy atom. The van der Waals surface area contributed by atoms with Crippen LogP contribution in [0.2, 0.25) is 0 Å². The molecule has 1 fully saturated rings. The van der Waals surface area contributed by atoms with Gasteiger partial charge in [-0.1, -0.05) is 18.2 Å². The van der Waals surface area contributed by atoms with Crippen molar-refractivity contribution in [3.05, 3.63) is 60.4 Å². The molecule has 1 atom stereocenters. The Bertz CT molecular complexity index is 1240. The highest BCUT2D eigenvalue weighted by atomic mass is 16.7. The SMILES string of the molecule is O=C(NNC(=O)C1CC(=O)N(c2ccc3c(c2)OCO3)C1)c1nn(-c2ccccc2)cc1O. The lowest BCUT2D eigenvalue weighted by Crippen LogP contribution is -2.45. The minimum atomic E-state index is -0.785. The number of aromatic hydroxyl groups is 1. The predicted octanol–water partition coefficient (Wildman–Crippen LogP) is 1.12. The van der Waals surface area contributed by atoms with E-state index in [0.717, 1.165) is 0 Å². The van der Waals surface area contributed by atoms with Crippen molar-refractivity contribution in [3.63, 3.8) is 0 Å². The van der Waals surface area contributed by atoms with E-state index in [1.165, 1.54) is 15.8 Å². The normalized spacial score (nSPS) is 16.7. The molecule has 33 heavy (non-hydrogen) atoms. The molecule has 3 N–H and O–H groups in total. The van der Waals surface area contributed by atoms with Gasteiger partial charge in [0.15, 0.2) is 22.9 Å². The van der Waals surface area contributed by atoms with Crippen LogP contribution in [-0.4, -0.2) is 45.9 Å². The van der Waals surface area contributed by atoms with Crippen LogP contribution < -0.4 is 25.2 Å². The highest BCUT2D eigenvalue weighted by Gasteiger charge is 2.36. The highest BCUT2D eigenvalue weighted by molar-refractivity contribution is 6.01. The lowest BCUT2D eigenvalue weighted by atomic mass is 10.1. The largest absolute Gasteiger partial charge is 0.504 e. The Hall–Kier alpha value is -4.54. The van der Waals surface area contributed by atoms with Crippen molar-refractivity contribution in [2.45, 2.75) is 6.42 Å². The van der Waals surface area contributed by atoms with Crippen molar-refractivity contribution >= 4 is 23.4 Å². The van der Waals surface area contributed by atoms with E-state index in [9.17, 15) is 19.5 Å². The van der Waals surface area contributed by atoms with Gasteiger partial charge in [-0.25, -0.2) is 4.68 Å². The summed E-state index contributed by atoms with van der Waals surface area (Å²) in [5, 5.41) is 14.1. The Balaban J connectivity index is 1.21. The number of nitrogens with one attached hydrogen (secondary N) is 2. The van der Waals surface area contributed by atoms with Crippen LogP contribution in [0.3, 0.4) is 0 Å². The second kappa shape index (κ2) is 8.19. The molecule has 5 rings (SSSR count). The van der Waals surface area contributed by atoms with Crippen LogP contribution in [0.5, 0.6) is 17.2 Å². The molecule has 2 aromatic carbocycles. The number of aromatic nitrogens is 2. The first-order chi connectivity index (χ1) is 16.0. The number of hydrogen-bond donors (Lipinski definition) is 3. The third-order valence-electron chi connectivity index (χ3n) is 5.39. The zero-order valence-electron chi connectivity index (χ0n) is 17.2. The van der Waals surface area contributed by atoms with Crippen molar-refractivity contribution in [3.8, 4) is 22.9 Å². The minimum absolute atomic E-state index is 0.00989. The van der Waals surface area contributed by atoms with E-state index in [0.29, 0.717) is 22.9 Å². The molecule has 11 heteroatoms. The van der Waals surface area contributed by atoms with Crippen LogP contribution in [0.1, 0.15) is 16.9 Å². The first-order valence-electron chi connectivity index (χ1n) is 10.1. The molecular weight excluding hydrogens is 430 g/mol. The predicted molar refractivity (Wildman–Crippen MR) is 114 cm³/mol. The maximum absolute atomic E-state index is 12.6. The number of ether oxygens (including phenoxy) is 2.